The van der Waals surface area contributed by atoms with Crippen LogP contribution in [0.25, 0.3) is 0 Å². The Morgan fingerprint density at radius 3 is 2.70 bits per heavy atom. The maximum Gasteiger partial charge on any atom is 0.251 e. The van der Waals surface area contributed by atoms with Gasteiger partial charge in [0.05, 0.1) is 30.7 Å². The lowest BCUT2D eigenvalue weighted by atomic mass is 9.84. The van der Waals surface area contributed by atoms with Crippen molar-refractivity contribution < 1.29 is 19.1 Å². The molecule has 2 aromatic rings. The fraction of sp³-hybridized carbons (Fsp3) is 0.531. The number of carbonyl (C=O) groups is 2. The van der Waals surface area contributed by atoms with Crippen molar-refractivity contribution in [3.05, 3.63) is 58.7 Å². The number of carbonyl (C=O) groups excluding carboxylic acids is 2. The van der Waals surface area contributed by atoms with Crippen molar-refractivity contribution in [2.45, 2.75) is 102 Å². The smallest absolute Gasteiger partial charge is 0.251 e. The monoisotopic (exact) mass is 544 g/mol. The van der Waals surface area contributed by atoms with Crippen LogP contribution in [0.3, 0.4) is 0 Å². The van der Waals surface area contributed by atoms with Crippen molar-refractivity contribution >= 4 is 17.8 Å². The van der Waals surface area contributed by atoms with Gasteiger partial charge in [-0.3, -0.25) is 14.5 Å². The molecule has 6 bridgehead atoms. The van der Waals surface area contributed by atoms with Crippen LogP contribution in [0.4, 0.5) is 0 Å². The normalized spacial score (nSPS) is 27.8. The van der Waals surface area contributed by atoms with Gasteiger partial charge in [-0.1, -0.05) is 31.9 Å². The van der Waals surface area contributed by atoms with Crippen molar-refractivity contribution in [1.82, 2.24) is 10.2 Å². The zero-order valence-corrected chi connectivity index (χ0v) is 23.8. The molecule has 0 saturated heterocycles. The van der Waals surface area contributed by atoms with E-state index >= 15 is 0 Å². The minimum atomic E-state index is -0.459. The minimum Gasteiger partial charge on any atom is -0.493 e. The predicted octanol–water partition coefficient (Wildman–Crippen LogP) is 5.35. The molecule has 5 aliphatic heterocycles. The molecule has 0 spiro atoms. The first kappa shape index (κ1) is 26.7. The number of ether oxygens (including phenoxy) is 2. The molecule has 0 fully saturated rings. The summed E-state index contributed by atoms with van der Waals surface area (Å²) < 4.78 is 12.2. The summed E-state index contributed by atoms with van der Waals surface area (Å²) in [6.45, 7) is 6.67. The molecule has 5 heterocycles. The summed E-state index contributed by atoms with van der Waals surface area (Å²) >= 11 is 0. The number of nitrogens with one attached hydrogen (secondary N) is 1. The van der Waals surface area contributed by atoms with Crippen LogP contribution in [0.5, 0.6) is 11.5 Å². The molecule has 0 radical (unpaired) electrons. The lowest BCUT2D eigenvalue weighted by Crippen LogP contribution is -2.53. The average Bonchev–Trinajstić information content (AvgIpc) is 2.91. The summed E-state index contributed by atoms with van der Waals surface area (Å²) in [6.07, 6.45) is 7.23. The van der Waals surface area contributed by atoms with Crippen LogP contribution in [0.2, 0.25) is 0 Å². The van der Waals surface area contributed by atoms with Gasteiger partial charge in [-0.2, -0.15) is 0 Å². The molecule has 8 heteroatoms. The second-order valence-corrected chi connectivity index (χ2v) is 12.4. The predicted molar refractivity (Wildman–Crippen MR) is 154 cm³/mol. The Labute approximate surface area is 236 Å². The van der Waals surface area contributed by atoms with Gasteiger partial charge in [-0.15, -0.1) is 0 Å². The molecule has 0 unspecified atom stereocenters. The third-order valence-corrected chi connectivity index (χ3v) is 9.04. The number of aliphatic imine (C=N–C) groups is 1. The average molecular weight is 545 g/mol. The van der Waals surface area contributed by atoms with Crippen LogP contribution in [0, 0.1) is 0 Å². The highest BCUT2D eigenvalue weighted by molar-refractivity contribution is 6.00. The van der Waals surface area contributed by atoms with E-state index in [1.165, 1.54) is 5.56 Å². The van der Waals surface area contributed by atoms with Crippen molar-refractivity contribution in [2.24, 2.45) is 10.7 Å². The Bertz CT molecular complexity index is 1370. The van der Waals surface area contributed by atoms with E-state index < -0.39 is 11.1 Å². The second-order valence-electron chi connectivity index (χ2n) is 12.4. The van der Waals surface area contributed by atoms with Gasteiger partial charge >= 0.3 is 0 Å². The largest absolute Gasteiger partial charge is 0.493 e. The van der Waals surface area contributed by atoms with E-state index in [-0.39, 0.29) is 29.9 Å². The summed E-state index contributed by atoms with van der Waals surface area (Å²) in [7, 11) is 0. The zero-order valence-electron chi connectivity index (χ0n) is 23.8. The topological polar surface area (TPSA) is 106 Å². The number of hydrogen-bond donors (Lipinski definition) is 2. The number of nitrogens with zero attached hydrogens (tertiary/aromatic N) is 2. The van der Waals surface area contributed by atoms with E-state index in [0.29, 0.717) is 37.2 Å². The Hall–Kier alpha value is -3.55. The van der Waals surface area contributed by atoms with E-state index in [2.05, 4.69) is 44.3 Å². The van der Waals surface area contributed by atoms with Crippen LogP contribution in [-0.4, -0.2) is 40.4 Å². The highest BCUT2D eigenvalue weighted by Gasteiger charge is 2.42. The van der Waals surface area contributed by atoms with Crippen molar-refractivity contribution in [3.8, 4) is 11.5 Å². The summed E-state index contributed by atoms with van der Waals surface area (Å²) in [5.74, 6) is 1.61. The summed E-state index contributed by atoms with van der Waals surface area (Å²) in [6, 6.07) is 11.4. The third-order valence-electron chi connectivity index (χ3n) is 9.04. The Kier molecular flexibility index (Phi) is 6.75. The lowest BCUT2D eigenvalue weighted by Gasteiger charge is -2.42. The molecule has 2 amide bonds. The van der Waals surface area contributed by atoms with Gasteiger partial charge in [0, 0.05) is 29.5 Å². The minimum absolute atomic E-state index is 0.00651. The van der Waals surface area contributed by atoms with Crippen LogP contribution < -0.4 is 20.5 Å². The number of guanidine groups is 1. The highest BCUT2D eigenvalue weighted by Crippen LogP contribution is 2.42. The van der Waals surface area contributed by atoms with Crippen LogP contribution >= 0.6 is 0 Å². The number of nitrogens with two attached hydrogens (primary N) is 1. The summed E-state index contributed by atoms with van der Waals surface area (Å²) in [5.41, 5.74) is 9.28. The standard InChI is InChI=1S/C32H40N4O4/c1-4-32-14-7-5-6-8-20-9-11-27-22(16-20)24(18-31(2,3)40-27)34-29(38)21-10-12-26-23(17-21)25(13-15-39-26)36(28(37)19-32)30(33)35-32/h9-12,16-17,24-25H,4-8,13-15,18-19H2,1-3H3,(H2,33,35)(H,34,38)/t24-,25+,32+/m0/s1. The number of hydrogen-bond acceptors (Lipinski definition) is 6. The number of aryl methyl sites for hydroxylation is 1. The number of fused-ring (bicyclic) bond motifs is 6. The first-order valence-electron chi connectivity index (χ1n) is 14.7. The molecule has 8 nitrogen and oxygen atoms in total. The quantitative estimate of drug-likeness (QED) is 0.503. The van der Waals surface area contributed by atoms with Crippen LogP contribution in [0.1, 0.15) is 111 Å². The van der Waals surface area contributed by atoms with Gasteiger partial charge in [0.2, 0.25) is 5.91 Å². The molecule has 5 aliphatic rings. The van der Waals surface area contributed by atoms with Gasteiger partial charge in [0.1, 0.15) is 17.1 Å². The van der Waals surface area contributed by atoms with E-state index in [1.807, 2.05) is 12.1 Å². The second kappa shape index (κ2) is 10.1. The molecule has 3 N–H and O–H groups in total. The Morgan fingerprint density at radius 1 is 1.07 bits per heavy atom. The molecule has 212 valence electrons. The molecule has 0 aromatic heterocycles. The molecule has 40 heavy (non-hydrogen) atoms. The van der Waals surface area contributed by atoms with Crippen molar-refractivity contribution in [3.63, 3.8) is 0 Å². The van der Waals surface area contributed by atoms with Crippen molar-refractivity contribution in [2.75, 3.05) is 6.61 Å². The number of rotatable bonds is 1. The molecule has 2 aromatic carbocycles. The summed E-state index contributed by atoms with van der Waals surface area (Å²) in [4.78, 5) is 34.0. The van der Waals surface area contributed by atoms with Gasteiger partial charge in [-0.25, -0.2) is 4.99 Å². The van der Waals surface area contributed by atoms with E-state index in [1.54, 1.807) is 11.0 Å². The molecule has 7 rings (SSSR count). The molecular weight excluding hydrogens is 504 g/mol. The summed E-state index contributed by atoms with van der Waals surface area (Å²) in [5, 5.41) is 3.29. The Balaban J connectivity index is 1.41. The molecule has 0 saturated carbocycles. The lowest BCUT2D eigenvalue weighted by molar-refractivity contribution is -0.132. The molecular formula is C32H40N4O4. The number of amides is 2. The highest BCUT2D eigenvalue weighted by atomic mass is 16.5. The van der Waals surface area contributed by atoms with Gasteiger partial charge in [-0.05, 0) is 69.4 Å². The first-order chi connectivity index (χ1) is 19.2. The zero-order chi connectivity index (χ0) is 28.1. The van der Waals surface area contributed by atoms with Gasteiger partial charge in [0.15, 0.2) is 5.96 Å². The number of benzene rings is 2. The SMILES string of the molecule is CC[C@@]12CCCCCc3ccc4c(c3)[C@H](CC(C)(C)O4)NC(=O)c3ccc4c(c3)[C@@H](CCO4)N(C(=O)C1)C(N)=N2. The maximum absolute atomic E-state index is 13.7. The van der Waals surface area contributed by atoms with Crippen LogP contribution in [-0.2, 0) is 11.2 Å². The third kappa shape index (κ3) is 4.93. The van der Waals surface area contributed by atoms with Gasteiger partial charge in [0.25, 0.3) is 5.91 Å². The molecule has 3 atom stereocenters. The van der Waals surface area contributed by atoms with E-state index in [9.17, 15) is 9.59 Å². The van der Waals surface area contributed by atoms with Crippen molar-refractivity contribution in [1.29, 1.82) is 0 Å². The fourth-order valence-electron chi connectivity index (χ4n) is 6.87. The maximum atomic E-state index is 13.7. The molecule has 0 aliphatic carbocycles. The fourth-order valence-corrected chi connectivity index (χ4v) is 6.87. The van der Waals surface area contributed by atoms with E-state index in [4.69, 9.17) is 20.2 Å². The van der Waals surface area contributed by atoms with Gasteiger partial charge < -0.3 is 20.5 Å². The van der Waals surface area contributed by atoms with Crippen LogP contribution in [0.15, 0.2) is 41.4 Å². The Morgan fingerprint density at radius 2 is 1.90 bits per heavy atom. The first-order valence-corrected chi connectivity index (χ1v) is 14.7. The van der Waals surface area contributed by atoms with E-state index in [0.717, 1.165) is 55.4 Å².